The Labute approximate surface area is 120 Å². The van der Waals surface area contributed by atoms with Crippen LogP contribution < -0.4 is 11.1 Å². The molecule has 0 aliphatic carbocycles. The molecule has 1 aromatic carbocycles. The molecule has 1 heterocycles. The first kappa shape index (κ1) is 15.2. The predicted molar refractivity (Wildman–Crippen MR) is 73.4 cm³/mol. The second kappa shape index (κ2) is 5.65. The molecule has 0 spiro atoms. The lowest BCUT2D eigenvalue weighted by molar-refractivity contribution is -0.385. The normalized spacial score (nSPS) is 17.2. The summed E-state index contributed by atoms with van der Waals surface area (Å²) in [4.78, 5) is 22.4. The van der Waals surface area contributed by atoms with Crippen LogP contribution in [0.15, 0.2) is 12.1 Å². The number of nitro benzene ring substituents is 1. The van der Waals surface area contributed by atoms with E-state index in [4.69, 9.17) is 10.5 Å². The molecular weight excluding hydrogens is 281 g/mol. The standard InChI is InChI=1S/C13H16FN3O4/c1-13(2-4-21-5-3-13)16-12(18)8-6-10(15)9(14)7-11(8)17(19)20/h6-7H,2-5,15H2,1H3,(H,16,18). The number of nitrogen functional groups attached to an aromatic ring is 1. The van der Waals surface area contributed by atoms with Crippen LogP contribution in [0.1, 0.15) is 30.1 Å². The maximum Gasteiger partial charge on any atom is 0.285 e. The third-order valence-electron chi connectivity index (χ3n) is 3.57. The Hall–Kier alpha value is -2.22. The SMILES string of the molecule is CC1(NC(=O)c2cc(N)c(F)cc2[N+](=O)[O-])CCOCC1. The van der Waals surface area contributed by atoms with Gasteiger partial charge in [0.15, 0.2) is 5.82 Å². The Bertz CT molecular complexity index is 585. The summed E-state index contributed by atoms with van der Waals surface area (Å²) in [5, 5.41) is 13.7. The molecular formula is C13H16FN3O4. The lowest BCUT2D eigenvalue weighted by atomic mass is 9.92. The monoisotopic (exact) mass is 297 g/mol. The number of hydrogen-bond donors (Lipinski definition) is 2. The maximum atomic E-state index is 13.3. The van der Waals surface area contributed by atoms with E-state index in [0.29, 0.717) is 32.1 Å². The number of rotatable bonds is 3. The molecule has 1 aliphatic rings. The number of carbonyl (C=O) groups is 1. The highest BCUT2D eigenvalue weighted by molar-refractivity contribution is 5.99. The summed E-state index contributed by atoms with van der Waals surface area (Å²) in [6.07, 6.45) is 1.20. The molecule has 2 rings (SSSR count). The summed E-state index contributed by atoms with van der Waals surface area (Å²) in [6, 6.07) is 1.65. The van der Waals surface area contributed by atoms with Crippen LogP contribution in [-0.4, -0.2) is 29.6 Å². The number of halogens is 1. The van der Waals surface area contributed by atoms with Crippen LogP contribution in [0, 0.1) is 15.9 Å². The number of hydrogen-bond acceptors (Lipinski definition) is 5. The molecule has 1 fully saturated rings. The fourth-order valence-electron chi connectivity index (χ4n) is 2.20. The van der Waals surface area contributed by atoms with Crippen molar-refractivity contribution in [3.63, 3.8) is 0 Å². The molecule has 1 aliphatic heterocycles. The van der Waals surface area contributed by atoms with Crippen molar-refractivity contribution in [2.45, 2.75) is 25.3 Å². The first-order chi connectivity index (χ1) is 9.82. The minimum Gasteiger partial charge on any atom is -0.396 e. The molecule has 7 nitrogen and oxygen atoms in total. The number of benzene rings is 1. The number of nitrogens with one attached hydrogen (secondary N) is 1. The largest absolute Gasteiger partial charge is 0.396 e. The van der Waals surface area contributed by atoms with Gasteiger partial charge in [0.1, 0.15) is 5.56 Å². The van der Waals surface area contributed by atoms with E-state index >= 15 is 0 Å². The summed E-state index contributed by atoms with van der Waals surface area (Å²) in [5.74, 6) is -1.56. The number of amides is 1. The summed E-state index contributed by atoms with van der Waals surface area (Å²) < 4.78 is 18.6. The predicted octanol–water partition coefficient (Wildman–Crippen LogP) is 1.61. The van der Waals surface area contributed by atoms with Gasteiger partial charge >= 0.3 is 0 Å². The average molecular weight is 297 g/mol. The third-order valence-corrected chi connectivity index (χ3v) is 3.57. The number of ether oxygens (including phenoxy) is 1. The summed E-state index contributed by atoms with van der Waals surface area (Å²) in [7, 11) is 0. The van der Waals surface area contributed by atoms with Gasteiger partial charge < -0.3 is 15.8 Å². The van der Waals surface area contributed by atoms with Gasteiger partial charge in [0.25, 0.3) is 11.6 Å². The van der Waals surface area contributed by atoms with E-state index < -0.39 is 27.9 Å². The lowest BCUT2D eigenvalue weighted by Gasteiger charge is -2.34. The summed E-state index contributed by atoms with van der Waals surface area (Å²) in [5.41, 5.74) is 3.74. The van der Waals surface area contributed by atoms with Crippen LogP contribution in [0.25, 0.3) is 0 Å². The summed E-state index contributed by atoms with van der Waals surface area (Å²) >= 11 is 0. The Balaban J connectivity index is 2.30. The molecule has 1 saturated heterocycles. The number of nitro groups is 1. The number of nitrogens with zero attached hydrogens (tertiary/aromatic N) is 1. The third kappa shape index (κ3) is 3.27. The van der Waals surface area contributed by atoms with Crippen LogP contribution in [0.4, 0.5) is 15.8 Å². The van der Waals surface area contributed by atoms with Gasteiger partial charge in [-0.05, 0) is 25.8 Å². The molecule has 0 unspecified atom stereocenters. The highest BCUT2D eigenvalue weighted by Crippen LogP contribution is 2.26. The van der Waals surface area contributed by atoms with Gasteiger partial charge in [0, 0.05) is 18.8 Å². The zero-order chi connectivity index (χ0) is 15.6. The topological polar surface area (TPSA) is 107 Å². The Morgan fingerprint density at radius 3 is 2.67 bits per heavy atom. The first-order valence-electron chi connectivity index (χ1n) is 6.46. The number of carbonyl (C=O) groups excluding carboxylic acids is 1. The van der Waals surface area contributed by atoms with Crippen LogP contribution in [0.2, 0.25) is 0 Å². The van der Waals surface area contributed by atoms with E-state index in [2.05, 4.69) is 5.32 Å². The van der Waals surface area contributed by atoms with E-state index in [-0.39, 0.29) is 11.3 Å². The molecule has 0 saturated carbocycles. The van der Waals surface area contributed by atoms with Crippen LogP contribution in [-0.2, 0) is 4.74 Å². The van der Waals surface area contributed by atoms with E-state index in [0.717, 1.165) is 6.07 Å². The molecule has 21 heavy (non-hydrogen) atoms. The van der Waals surface area contributed by atoms with Crippen LogP contribution in [0.5, 0.6) is 0 Å². The second-order valence-electron chi connectivity index (χ2n) is 5.28. The van der Waals surface area contributed by atoms with Crippen molar-refractivity contribution in [1.82, 2.24) is 5.32 Å². The zero-order valence-electron chi connectivity index (χ0n) is 11.5. The van der Waals surface area contributed by atoms with Crippen LogP contribution >= 0.6 is 0 Å². The van der Waals surface area contributed by atoms with Crippen molar-refractivity contribution in [2.75, 3.05) is 18.9 Å². The van der Waals surface area contributed by atoms with Gasteiger partial charge in [-0.2, -0.15) is 0 Å². The van der Waals surface area contributed by atoms with E-state index in [1.54, 1.807) is 0 Å². The molecule has 1 aromatic rings. The van der Waals surface area contributed by atoms with Gasteiger partial charge in [-0.25, -0.2) is 4.39 Å². The molecule has 0 atom stereocenters. The van der Waals surface area contributed by atoms with Gasteiger partial charge in [0.05, 0.1) is 16.7 Å². The average Bonchev–Trinajstić information content (AvgIpc) is 2.41. The van der Waals surface area contributed by atoms with Gasteiger partial charge in [-0.15, -0.1) is 0 Å². The fourth-order valence-corrected chi connectivity index (χ4v) is 2.20. The Morgan fingerprint density at radius 2 is 2.10 bits per heavy atom. The van der Waals surface area contributed by atoms with Crippen molar-refractivity contribution in [3.05, 3.63) is 33.6 Å². The molecule has 8 heteroatoms. The zero-order valence-corrected chi connectivity index (χ0v) is 11.5. The molecule has 3 N–H and O–H groups in total. The first-order valence-corrected chi connectivity index (χ1v) is 6.46. The van der Waals surface area contributed by atoms with Gasteiger partial charge in [-0.3, -0.25) is 14.9 Å². The second-order valence-corrected chi connectivity index (χ2v) is 5.28. The summed E-state index contributed by atoms with van der Waals surface area (Å²) in [6.45, 7) is 2.85. The number of nitrogens with two attached hydrogens (primary N) is 1. The molecule has 0 radical (unpaired) electrons. The molecule has 114 valence electrons. The van der Waals surface area contributed by atoms with E-state index in [1.807, 2.05) is 6.92 Å². The highest BCUT2D eigenvalue weighted by Gasteiger charge is 2.32. The quantitative estimate of drug-likeness (QED) is 0.500. The van der Waals surface area contributed by atoms with Crippen molar-refractivity contribution in [3.8, 4) is 0 Å². The van der Waals surface area contributed by atoms with Crippen molar-refractivity contribution < 1.29 is 18.8 Å². The fraction of sp³-hybridized carbons (Fsp3) is 0.462. The molecule has 0 aromatic heterocycles. The molecule has 0 bridgehead atoms. The Morgan fingerprint density at radius 1 is 1.48 bits per heavy atom. The van der Waals surface area contributed by atoms with E-state index in [9.17, 15) is 19.3 Å². The number of anilines is 1. The van der Waals surface area contributed by atoms with Crippen molar-refractivity contribution in [1.29, 1.82) is 0 Å². The van der Waals surface area contributed by atoms with Gasteiger partial charge in [0.2, 0.25) is 0 Å². The Kier molecular flexibility index (Phi) is 4.08. The highest BCUT2D eigenvalue weighted by atomic mass is 19.1. The van der Waals surface area contributed by atoms with Crippen molar-refractivity contribution in [2.24, 2.45) is 0 Å². The maximum absolute atomic E-state index is 13.3. The smallest absolute Gasteiger partial charge is 0.285 e. The van der Waals surface area contributed by atoms with Gasteiger partial charge in [-0.1, -0.05) is 0 Å². The minimum atomic E-state index is -0.921. The molecule has 1 amide bonds. The van der Waals surface area contributed by atoms with Crippen molar-refractivity contribution >= 4 is 17.3 Å². The minimum absolute atomic E-state index is 0.244. The van der Waals surface area contributed by atoms with Crippen LogP contribution in [0.3, 0.4) is 0 Å². The van der Waals surface area contributed by atoms with E-state index in [1.165, 1.54) is 0 Å². The lowest BCUT2D eigenvalue weighted by Crippen LogP contribution is -2.49.